The molecule has 1 aromatic carbocycles. The van der Waals surface area contributed by atoms with Gasteiger partial charge in [0, 0.05) is 6.42 Å². The highest BCUT2D eigenvalue weighted by atomic mass is 79.9. The van der Waals surface area contributed by atoms with Crippen LogP contribution < -0.4 is 0 Å². The quantitative estimate of drug-likeness (QED) is 0.842. The zero-order chi connectivity index (χ0) is 8.97. The second kappa shape index (κ2) is 4.13. The summed E-state index contributed by atoms with van der Waals surface area (Å²) in [5.74, 6) is 0.227. The summed E-state index contributed by atoms with van der Waals surface area (Å²) in [6, 6.07) is 7.33. The number of rotatable bonds is 2. The smallest absolute Gasteiger partial charge is 0.130 e. The number of hydrogen-bond donors (Lipinski definition) is 1. The molecule has 0 aliphatic carbocycles. The molecular formula is C9H8BrNO. The predicted octanol–water partition coefficient (Wildman–Crippen LogP) is 2.61. The highest BCUT2D eigenvalue weighted by molar-refractivity contribution is 9.10. The Hall–Kier alpha value is -1.01. The maximum absolute atomic E-state index is 9.27. The summed E-state index contributed by atoms with van der Waals surface area (Å²) in [6.07, 6.45) is 1.15. The van der Waals surface area contributed by atoms with Crippen molar-refractivity contribution in [2.75, 3.05) is 0 Å². The predicted molar refractivity (Wildman–Crippen MR) is 49.7 cm³/mol. The van der Waals surface area contributed by atoms with E-state index in [-0.39, 0.29) is 5.75 Å². The van der Waals surface area contributed by atoms with Gasteiger partial charge in [-0.2, -0.15) is 5.26 Å². The summed E-state index contributed by atoms with van der Waals surface area (Å²) in [5, 5.41) is 17.6. The fourth-order valence-corrected chi connectivity index (χ4v) is 1.41. The van der Waals surface area contributed by atoms with Gasteiger partial charge in [0.2, 0.25) is 0 Å². The minimum Gasteiger partial charge on any atom is -0.507 e. The first-order valence-electron chi connectivity index (χ1n) is 3.59. The zero-order valence-corrected chi connectivity index (χ0v) is 8.00. The van der Waals surface area contributed by atoms with Crippen LogP contribution in [-0.4, -0.2) is 5.11 Å². The van der Waals surface area contributed by atoms with Crippen molar-refractivity contribution >= 4 is 15.9 Å². The lowest BCUT2D eigenvalue weighted by Gasteiger charge is -2.02. The van der Waals surface area contributed by atoms with Crippen molar-refractivity contribution in [3.63, 3.8) is 0 Å². The average molecular weight is 226 g/mol. The zero-order valence-electron chi connectivity index (χ0n) is 6.42. The Morgan fingerprint density at radius 3 is 2.92 bits per heavy atom. The van der Waals surface area contributed by atoms with E-state index in [0.717, 1.165) is 5.56 Å². The number of phenols is 1. The van der Waals surface area contributed by atoms with Crippen LogP contribution in [0.15, 0.2) is 22.7 Å². The molecule has 0 amide bonds. The fraction of sp³-hybridized carbons (Fsp3) is 0.222. The SMILES string of the molecule is N#CCCc1cccc(O)c1Br. The molecule has 1 N–H and O–H groups in total. The molecule has 0 aliphatic heterocycles. The van der Waals surface area contributed by atoms with Gasteiger partial charge in [-0.05, 0) is 34.0 Å². The molecule has 0 unspecified atom stereocenters. The molecule has 3 heteroatoms. The molecule has 1 aromatic rings. The number of benzene rings is 1. The molecule has 62 valence electrons. The number of hydrogen-bond acceptors (Lipinski definition) is 2. The second-order valence-corrected chi connectivity index (χ2v) is 3.20. The topological polar surface area (TPSA) is 44.0 Å². The number of aromatic hydroxyl groups is 1. The van der Waals surface area contributed by atoms with E-state index in [2.05, 4.69) is 22.0 Å². The van der Waals surface area contributed by atoms with Gasteiger partial charge in [0.05, 0.1) is 10.5 Å². The van der Waals surface area contributed by atoms with E-state index >= 15 is 0 Å². The van der Waals surface area contributed by atoms with E-state index in [4.69, 9.17) is 5.26 Å². The van der Waals surface area contributed by atoms with Crippen molar-refractivity contribution in [1.82, 2.24) is 0 Å². The molecule has 0 spiro atoms. The van der Waals surface area contributed by atoms with Crippen molar-refractivity contribution in [3.8, 4) is 11.8 Å². The molecule has 0 fully saturated rings. The Labute approximate surface area is 79.6 Å². The highest BCUT2D eigenvalue weighted by Crippen LogP contribution is 2.27. The van der Waals surface area contributed by atoms with Gasteiger partial charge in [-0.25, -0.2) is 0 Å². The normalized spacial score (nSPS) is 9.33. The lowest BCUT2D eigenvalue weighted by atomic mass is 10.1. The van der Waals surface area contributed by atoms with Crippen molar-refractivity contribution in [3.05, 3.63) is 28.2 Å². The first-order chi connectivity index (χ1) is 5.75. The van der Waals surface area contributed by atoms with Gasteiger partial charge in [0.15, 0.2) is 0 Å². The van der Waals surface area contributed by atoms with Crippen molar-refractivity contribution in [1.29, 1.82) is 5.26 Å². The first kappa shape index (κ1) is 9.08. The van der Waals surface area contributed by atoms with Crippen LogP contribution in [0.4, 0.5) is 0 Å². The summed E-state index contributed by atoms with van der Waals surface area (Å²) >= 11 is 3.25. The molecule has 0 radical (unpaired) electrons. The molecule has 0 bridgehead atoms. The first-order valence-corrected chi connectivity index (χ1v) is 4.38. The van der Waals surface area contributed by atoms with E-state index in [1.807, 2.05) is 6.07 Å². The molecule has 1 rings (SSSR count). The summed E-state index contributed by atoms with van der Waals surface area (Å²) in [5.41, 5.74) is 0.969. The van der Waals surface area contributed by atoms with Crippen molar-refractivity contribution in [2.45, 2.75) is 12.8 Å². The van der Waals surface area contributed by atoms with Crippen LogP contribution in [0.1, 0.15) is 12.0 Å². The Morgan fingerprint density at radius 2 is 2.25 bits per heavy atom. The van der Waals surface area contributed by atoms with Crippen LogP contribution in [0.25, 0.3) is 0 Å². The van der Waals surface area contributed by atoms with Crippen LogP contribution in [0, 0.1) is 11.3 Å². The van der Waals surface area contributed by atoms with E-state index in [1.54, 1.807) is 12.1 Å². The summed E-state index contributed by atoms with van der Waals surface area (Å²) in [7, 11) is 0. The lowest BCUT2D eigenvalue weighted by molar-refractivity contribution is 0.471. The molecule has 0 atom stereocenters. The minimum absolute atomic E-state index is 0.227. The Kier molecular flexibility index (Phi) is 3.12. The number of aryl methyl sites for hydroxylation is 1. The summed E-state index contributed by atoms with van der Waals surface area (Å²) < 4.78 is 0.695. The molecule has 0 heterocycles. The molecule has 0 saturated carbocycles. The van der Waals surface area contributed by atoms with Crippen LogP contribution in [0.3, 0.4) is 0 Å². The molecule has 0 saturated heterocycles. The number of nitrogens with zero attached hydrogens (tertiary/aromatic N) is 1. The largest absolute Gasteiger partial charge is 0.507 e. The molecular weight excluding hydrogens is 218 g/mol. The molecule has 0 aromatic heterocycles. The van der Waals surface area contributed by atoms with Crippen LogP contribution in [0.5, 0.6) is 5.75 Å². The van der Waals surface area contributed by atoms with Gasteiger partial charge in [0.25, 0.3) is 0 Å². The van der Waals surface area contributed by atoms with Gasteiger partial charge in [-0.1, -0.05) is 12.1 Å². The summed E-state index contributed by atoms with van der Waals surface area (Å²) in [6.45, 7) is 0. The number of nitriles is 1. The van der Waals surface area contributed by atoms with Crippen LogP contribution >= 0.6 is 15.9 Å². The Bertz CT molecular complexity index is 317. The van der Waals surface area contributed by atoms with Crippen LogP contribution in [0.2, 0.25) is 0 Å². The maximum atomic E-state index is 9.27. The van der Waals surface area contributed by atoms with Crippen molar-refractivity contribution < 1.29 is 5.11 Å². The minimum atomic E-state index is 0.227. The lowest BCUT2D eigenvalue weighted by Crippen LogP contribution is -1.85. The third kappa shape index (κ3) is 1.99. The third-order valence-electron chi connectivity index (χ3n) is 1.56. The Balaban J connectivity index is 2.86. The third-order valence-corrected chi connectivity index (χ3v) is 2.48. The van der Waals surface area contributed by atoms with Gasteiger partial charge < -0.3 is 5.11 Å². The van der Waals surface area contributed by atoms with Gasteiger partial charge in [-0.3, -0.25) is 0 Å². The van der Waals surface area contributed by atoms with E-state index in [1.165, 1.54) is 0 Å². The fourth-order valence-electron chi connectivity index (χ4n) is 0.950. The average Bonchev–Trinajstić information content (AvgIpc) is 2.08. The molecule has 0 aliphatic rings. The Morgan fingerprint density at radius 1 is 1.50 bits per heavy atom. The monoisotopic (exact) mass is 225 g/mol. The van der Waals surface area contributed by atoms with E-state index in [0.29, 0.717) is 17.3 Å². The van der Waals surface area contributed by atoms with E-state index in [9.17, 15) is 5.11 Å². The number of halogens is 1. The van der Waals surface area contributed by atoms with Gasteiger partial charge in [0.1, 0.15) is 5.75 Å². The number of phenolic OH excluding ortho intramolecular Hbond substituents is 1. The molecule has 12 heavy (non-hydrogen) atoms. The maximum Gasteiger partial charge on any atom is 0.130 e. The second-order valence-electron chi connectivity index (χ2n) is 2.41. The van der Waals surface area contributed by atoms with Gasteiger partial charge >= 0.3 is 0 Å². The highest BCUT2D eigenvalue weighted by Gasteiger charge is 2.02. The summed E-state index contributed by atoms with van der Waals surface area (Å²) in [4.78, 5) is 0. The van der Waals surface area contributed by atoms with E-state index < -0.39 is 0 Å². The standard InChI is InChI=1S/C9H8BrNO/c10-9-7(4-2-6-11)3-1-5-8(9)12/h1,3,5,12H,2,4H2. The molecule has 2 nitrogen and oxygen atoms in total. The van der Waals surface area contributed by atoms with Gasteiger partial charge in [-0.15, -0.1) is 0 Å². The van der Waals surface area contributed by atoms with Crippen LogP contribution in [-0.2, 0) is 6.42 Å². The van der Waals surface area contributed by atoms with Crippen molar-refractivity contribution in [2.24, 2.45) is 0 Å².